The lowest BCUT2D eigenvalue weighted by Crippen LogP contribution is -2.51. The molecule has 33 heavy (non-hydrogen) atoms. The summed E-state index contributed by atoms with van der Waals surface area (Å²) in [4.78, 5) is 27.3. The average molecular weight is 480 g/mol. The van der Waals surface area contributed by atoms with Gasteiger partial charge in [0.15, 0.2) is 0 Å². The molecule has 0 spiro atoms. The largest absolute Gasteiger partial charge is 0.495 e. The molecule has 0 aliphatic rings. The SMILES string of the molecule is CCCNC(=O)[C@H](C)N(Cc1ccc(F)cc1)C(=O)CN(c1ccccc1OC)S(C)(=O)=O. The van der Waals surface area contributed by atoms with Crippen molar-refractivity contribution >= 4 is 27.5 Å². The van der Waals surface area contributed by atoms with E-state index in [0.717, 1.165) is 17.0 Å². The fourth-order valence-electron chi connectivity index (χ4n) is 3.20. The van der Waals surface area contributed by atoms with E-state index in [1.165, 1.54) is 42.3 Å². The molecule has 2 amide bonds. The van der Waals surface area contributed by atoms with Crippen LogP contribution in [-0.4, -0.2) is 57.6 Å². The molecule has 0 radical (unpaired) electrons. The van der Waals surface area contributed by atoms with Crippen LogP contribution < -0.4 is 14.4 Å². The maximum absolute atomic E-state index is 13.4. The summed E-state index contributed by atoms with van der Waals surface area (Å²) < 4.78 is 44.7. The monoisotopic (exact) mass is 479 g/mol. The highest BCUT2D eigenvalue weighted by Crippen LogP contribution is 2.29. The van der Waals surface area contributed by atoms with Gasteiger partial charge in [-0.3, -0.25) is 13.9 Å². The van der Waals surface area contributed by atoms with E-state index >= 15 is 0 Å². The molecule has 0 saturated carbocycles. The van der Waals surface area contributed by atoms with Crippen LogP contribution in [0.3, 0.4) is 0 Å². The van der Waals surface area contributed by atoms with Crippen LogP contribution in [0.4, 0.5) is 10.1 Å². The van der Waals surface area contributed by atoms with Gasteiger partial charge >= 0.3 is 0 Å². The summed E-state index contributed by atoms with van der Waals surface area (Å²) in [5.41, 5.74) is 0.809. The number of hydrogen-bond acceptors (Lipinski definition) is 5. The Morgan fingerprint density at radius 3 is 2.33 bits per heavy atom. The van der Waals surface area contributed by atoms with Gasteiger partial charge in [0, 0.05) is 13.1 Å². The summed E-state index contributed by atoms with van der Waals surface area (Å²) >= 11 is 0. The Balaban J connectivity index is 2.39. The summed E-state index contributed by atoms with van der Waals surface area (Å²) in [6.07, 6.45) is 1.72. The van der Waals surface area contributed by atoms with E-state index < -0.39 is 34.3 Å². The molecule has 0 aliphatic carbocycles. The zero-order valence-corrected chi connectivity index (χ0v) is 20.1. The molecule has 0 aromatic heterocycles. The maximum Gasteiger partial charge on any atom is 0.244 e. The molecule has 0 fully saturated rings. The number of benzene rings is 2. The first kappa shape index (κ1) is 26.1. The molecule has 2 aromatic rings. The lowest BCUT2D eigenvalue weighted by molar-refractivity contribution is -0.139. The van der Waals surface area contributed by atoms with E-state index in [1.54, 1.807) is 25.1 Å². The number of rotatable bonds is 11. The minimum Gasteiger partial charge on any atom is -0.495 e. The lowest BCUT2D eigenvalue weighted by atomic mass is 10.1. The van der Waals surface area contributed by atoms with Crippen LogP contribution >= 0.6 is 0 Å². The molecule has 1 atom stereocenters. The van der Waals surface area contributed by atoms with Gasteiger partial charge in [-0.2, -0.15) is 0 Å². The Kier molecular flexibility index (Phi) is 9.22. The summed E-state index contributed by atoms with van der Waals surface area (Å²) in [6, 6.07) is 11.1. The Bertz CT molecular complexity index is 1060. The number of carbonyl (C=O) groups is 2. The molecule has 8 nitrogen and oxygen atoms in total. The van der Waals surface area contributed by atoms with Crippen LogP contribution in [0.15, 0.2) is 48.5 Å². The quantitative estimate of drug-likeness (QED) is 0.534. The van der Waals surface area contributed by atoms with Crippen molar-refractivity contribution in [1.82, 2.24) is 10.2 Å². The Morgan fingerprint density at radius 2 is 1.76 bits per heavy atom. The molecule has 0 bridgehead atoms. The fourth-order valence-corrected chi connectivity index (χ4v) is 4.05. The number of methoxy groups -OCH3 is 1. The number of anilines is 1. The van der Waals surface area contributed by atoms with Gasteiger partial charge in [-0.15, -0.1) is 0 Å². The van der Waals surface area contributed by atoms with Crippen LogP contribution in [0.2, 0.25) is 0 Å². The van der Waals surface area contributed by atoms with E-state index in [-0.39, 0.29) is 23.9 Å². The van der Waals surface area contributed by atoms with Crippen molar-refractivity contribution in [3.8, 4) is 5.75 Å². The molecule has 10 heteroatoms. The molecule has 0 aliphatic heterocycles. The molecule has 2 aromatic carbocycles. The van der Waals surface area contributed by atoms with Gasteiger partial charge in [-0.25, -0.2) is 12.8 Å². The van der Waals surface area contributed by atoms with Crippen molar-refractivity contribution in [3.63, 3.8) is 0 Å². The normalized spacial score (nSPS) is 12.0. The minimum absolute atomic E-state index is 0.00332. The number of ether oxygens (including phenoxy) is 1. The third-order valence-corrected chi connectivity index (χ3v) is 6.14. The first-order valence-electron chi connectivity index (χ1n) is 10.5. The van der Waals surface area contributed by atoms with Crippen molar-refractivity contribution in [1.29, 1.82) is 0 Å². The highest BCUT2D eigenvalue weighted by molar-refractivity contribution is 7.92. The van der Waals surface area contributed by atoms with Crippen LogP contribution in [-0.2, 0) is 26.2 Å². The van der Waals surface area contributed by atoms with E-state index in [2.05, 4.69) is 5.32 Å². The minimum atomic E-state index is -3.86. The topological polar surface area (TPSA) is 96.0 Å². The maximum atomic E-state index is 13.4. The number of para-hydroxylation sites is 2. The van der Waals surface area contributed by atoms with Crippen LogP contribution in [0.5, 0.6) is 5.75 Å². The number of amides is 2. The van der Waals surface area contributed by atoms with E-state index in [4.69, 9.17) is 4.74 Å². The number of nitrogens with one attached hydrogen (secondary N) is 1. The predicted molar refractivity (Wildman–Crippen MR) is 125 cm³/mol. The van der Waals surface area contributed by atoms with Crippen LogP contribution in [0, 0.1) is 5.82 Å². The average Bonchev–Trinajstić information content (AvgIpc) is 2.79. The molecule has 180 valence electrons. The number of carbonyl (C=O) groups excluding carboxylic acids is 2. The molecule has 0 saturated heterocycles. The number of nitrogens with zero attached hydrogens (tertiary/aromatic N) is 2. The van der Waals surface area contributed by atoms with Gasteiger partial charge in [0.2, 0.25) is 21.8 Å². The van der Waals surface area contributed by atoms with Crippen molar-refractivity contribution in [3.05, 3.63) is 59.9 Å². The molecule has 2 rings (SSSR count). The summed E-state index contributed by atoms with van der Waals surface area (Å²) in [7, 11) is -2.46. The first-order chi connectivity index (χ1) is 15.6. The Morgan fingerprint density at radius 1 is 1.12 bits per heavy atom. The van der Waals surface area contributed by atoms with E-state index in [9.17, 15) is 22.4 Å². The van der Waals surface area contributed by atoms with Crippen molar-refractivity contribution in [2.45, 2.75) is 32.9 Å². The third kappa shape index (κ3) is 7.18. The zero-order chi connectivity index (χ0) is 24.6. The Labute approximate surface area is 194 Å². The predicted octanol–water partition coefficient (Wildman–Crippen LogP) is 2.54. The molecule has 0 unspecified atom stereocenters. The van der Waals surface area contributed by atoms with Gasteiger partial charge in [0.25, 0.3) is 0 Å². The second-order valence-corrected chi connectivity index (χ2v) is 9.46. The highest BCUT2D eigenvalue weighted by Gasteiger charge is 2.30. The molecule has 0 heterocycles. The van der Waals surface area contributed by atoms with Gasteiger partial charge < -0.3 is 15.0 Å². The summed E-state index contributed by atoms with van der Waals surface area (Å²) in [6.45, 7) is 3.39. The zero-order valence-electron chi connectivity index (χ0n) is 19.2. The smallest absolute Gasteiger partial charge is 0.244 e. The van der Waals surface area contributed by atoms with Gasteiger partial charge in [-0.05, 0) is 43.2 Å². The van der Waals surface area contributed by atoms with Gasteiger partial charge in [0.1, 0.15) is 24.2 Å². The molecular weight excluding hydrogens is 449 g/mol. The van der Waals surface area contributed by atoms with E-state index in [0.29, 0.717) is 12.1 Å². The highest BCUT2D eigenvalue weighted by atomic mass is 32.2. The standard InChI is InChI=1S/C23H30FN3O5S/c1-5-14-25-23(29)17(2)26(15-18-10-12-19(24)13-11-18)22(28)16-27(33(4,30)31)20-8-6-7-9-21(20)32-3/h6-13,17H,5,14-16H2,1-4H3,(H,25,29)/t17-/m0/s1. The first-order valence-corrected chi connectivity index (χ1v) is 12.4. The molecule has 1 N–H and O–H groups in total. The fraction of sp³-hybridized carbons (Fsp3) is 0.391. The van der Waals surface area contributed by atoms with Crippen molar-refractivity contribution in [2.75, 3.05) is 30.8 Å². The second-order valence-electron chi connectivity index (χ2n) is 7.56. The summed E-state index contributed by atoms with van der Waals surface area (Å²) in [5, 5.41) is 2.75. The van der Waals surface area contributed by atoms with Crippen molar-refractivity contribution < 1.29 is 27.1 Å². The van der Waals surface area contributed by atoms with Gasteiger partial charge in [0.05, 0.1) is 19.1 Å². The van der Waals surface area contributed by atoms with E-state index in [1.807, 2.05) is 6.92 Å². The van der Waals surface area contributed by atoms with Gasteiger partial charge in [-0.1, -0.05) is 31.2 Å². The van der Waals surface area contributed by atoms with Crippen LogP contribution in [0.25, 0.3) is 0 Å². The lowest BCUT2D eigenvalue weighted by Gasteiger charge is -2.31. The van der Waals surface area contributed by atoms with Crippen LogP contribution in [0.1, 0.15) is 25.8 Å². The Hall–Kier alpha value is -3.14. The number of hydrogen-bond donors (Lipinski definition) is 1. The second kappa shape index (κ2) is 11.6. The number of sulfonamides is 1. The summed E-state index contributed by atoms with van der Waals surface area (Å²) in [5.74, 6) is -1.09. The van der Waals surface area contributed by atoms with Crippen molar-refractivity contribution in [2.24, 2.45) is 0 Å². The molecular formula is C23H30FN3O5S. The third-order valence-electron chi connectivity index (χ3n) is 5.02. The number of halogens is 1.